The van der Waals surface area contributed by atoms with Crippen LogP contribution in [0, 0.1) is 166 Å². The Kier molecular flexibility index (Phi) is 51.7. The van der Waals surface area contributed by atoms with Gasteiger partial charge in [0.15, 0.2) is 0 Å². The zero-order chi connectivity index (χ0) is 78.3. The molecule has 686 valence electrons. The summed E-state index contributed by atoms with van der Waals surface area (Å²) in [6.07, 6.45) is 21.1. The van der Waals surface area contributed by atoms with E-state index >= 15 is 0 Å². The minimum atomic E-state index is -1.82. The average Bonchev–Trinajstić information content (AvgIpc) is 1.58. The topological polar surface area (TPSA) is 56.4 Å². The van der Waals surface area contributed by atoms with Crippen molar-refractivity contribution < 1.29 is 86.9 Å². The zero-order valence-corrected chi connectivity index (χ0v) is 98.5. The summed E-state index contributed by atoms with van der Waals surface area (Å²) in [5, 5.41) is 5.99. The Labute approximate surface area is 859 Å². The van der Waals surface area contributed by atoms with Gasteiger partial charge < -0.3 is 109 Å². The van der Waals surface area contributed by atoms with Crippen molar-refractivity contribution in [3.8, 4) is 0 Å². The Morgan fingerprint density at radius 3 is 0.810 bits per heavy atom. The molecule has 4 saturated carbocycles. The fourth-order valence-electron chi connectivity index (χ4n) is 25.3. The first-order chi connectivity index (χ1) is 51.2. The molecule has 4 aromatic heterocycles. The number of benzene rings is 5. The second-order valence-electron chi connectivity index (χ2n) is 40.6. The molecule has 20 atom stereocenters. The van der Waals surface area contributed by atoms with Crippen molar-refractivity contribution in [1.29, 1.82) is 0 Å². The molecule has 5 aromatic carbocycles. The third kappa shape index (κ3) is 25.4. The van der Waals surface area contributed by atoms with Crippen molar-refractivity contribution in [3.05, 3.63) is 303 Å². The summed E-state index contributed by atoms with van der Waals surface area (Å²) in [6.45, 7) is 63.2. The maximum absolute atomic E-state index is 5.70. The normalized spacial score (nSPS) is 26.1. The van der Waals surface area contributed by atoms with Gasteiger partial charge in [0.25, 0.3) is 0 Å². The molecule has 4 nitrogen and oxygen atoms in total. The van der Waals surface area contributed by atoms with Crippen LogP contribution in [0.3, 0.4) is 0 Å². The molecule has 0 aliphatic heterocycles. The first-order valence-electron chi connectivity index (χ1n) is 42.0. The van der Waals surface area contributed by atoms with Gasteiger partial charge in [0, 0.05) is 38.3 Å². The molecule has 9 aromatic rings. The number of allylic oxidation sites excluding steroid dienone is 4. The summed E-state index contributed by atoms with van der Waals surface area (Å²) >= 11 is 7.89. The van der Waals surface area contributed by atoms with Crippen molar-refractivity contribution in [2.24, 2.45) is 76.4 Å². The van der Waals surface area contributed by atoms with Gasteiger partial charge in [-0.25, -0.2) is 0 Å². The number of fused-ring (bicyclic) bond motifs is 20. The second-order valence-corrected chi connectivity index (χ2v) is 61.7. The molecular formula is C110H170N4S4Si4Ti4. The first-order valence-corrected chi connectivity index (χ1v) is 57.3. The van der Waals surface area contributed by atoms with Gasteiger partial charge >= 0.3 is 86.9 Å². The van der Waals surface area contributed by atoms with Crippen molar-refractivity contribution in [3.63, 3.8) is 0 Å². The van der Waals surface area contributed by atoms with Crippen molar-refractivity contribution >= 4 is 149 Å². The van der Waals surface area contributed by atoms with Crippen LogP contribution in [0.1, 0.15) is 204 Å². The Morgan fingerprint density at radius 2 is 0.556 bits per heavy atom. The van der Waals surface area contributed by atoms with Gasteiger partial charge in [-0.05, 0) is 201 Å². The van der Waals surface area contributed by atoms with E-state index in [2.05, 4.69) is 353 Å². The van der Waals surface area contributed by atoms with Crippen LogP contribution in [0.5, 0.6) is 0 Å². The van der Waals surface area contributed by atoms with Crippen molar-refractivity contribution in [2.75, 3.05) is 0 Å². The van der Waals surface area contributed by atoms with E-state index in [0.717, 1.165) is 40.9 Å². The van der Waals surface area contributed by atoms with Crippen LogP contribution in [0.4, 0.5) is 5.69 Å². The van der Waals surface area contributed by atoms with E-state index in [1.54, 1.807) is 22.3 Å². The standard InChI is InChI=1S/C27H40NSSi.C25H28NSSi.C23H32NSSi.C22H30NSSi.CH4.12CH3.4Ti/c1-17-18(2)25(30(8,9)28-27(6,7)16-26(3,4)5)20-14-15-22-24(23(17)20)19-12-10-11-13-21(19)29-22;1-16-17(2)25(28(3,4)26-18-10-6-5-7-11-18)20-14-15-22-24(23(16)20)19-12-8-9-13-21(19)27-22;1-14-15(2)22(26(6,7)24-23(3,4)5)17-12-13-19-21(20(14)17)16-10-8-9-11-18(16)25-19;1-13(2)23-25(5,6)22-15(4)14(3)20-17(22)11-12-19-21(20)16-9-7-8-10-18(16)24-19;;;;;;;;;;;;;;;;;/h10-15,17-18,20,23,25H,16H2,1-9H3;5-17,20,23,25H,1-4H3;8-15,17,20,22H,1-7H3;7-15,17,20,22H,1-6H3;1H4;12*1H3;;;;/q4*-1;;12*-1;4*+4. The molecule has 20 unspecified atom stereocenters. The molecule has 126 heavy (non-hydrogen) atoms. The summed E-state index contributed by atoms with van der Waals surface area (Å²) in [6, 6.07) is 47.1. The zero-order valence-electron chi connectivity index (χ0n) is 85.0. The smallest absolute Gasteiger partial charge is 0.687 e. The molecule has 16 heteroatoms. The summed E-state index contributed by atoms with van der Waals surface area (Å²) in [5.41, 5.74) is 11.0. The quantitative estimate of drug-likeness (QED) is 0.0865. The number of nitrogens with zero attached hydrogens (tertiary/aromatic N) is 4. The van der Waals surface area contributed by atoms with Crippen LogP contribution in [-0.4, -0.2) is 50.1 Å². The van der Waals surface area contributed by atoms with Gasteiger partial charge in [0.1, 0.15) is 0 Å². The number of hydrogen-bond donors (Lipinski definition) is 0. The largest absolute Gasteiger partial charge is 4.00 e. The van der Waals surface area contributed by atoms with Gasteiger partial charge in [-0.1, -0.05) is 365 Å². The van der Waals surface area contributed by atoms with E-state index < -0.39 is 32.9 Å². The summed E-state index contributed by atoms with van der Waals surface area (Å²) in [7, 11) is -6.97. The van der Waals surface area contributed by atoms with Crippen molar-refractivity contribution in [2.45, 2.75) is 254 Å². The van der Waals surface area contributed by atoms with Gasteiger partial charge in [0.05, 0.1) is 0 Å². The Bertz CT molecular complexity index is 4920. The fraction of sp³-hybridized carbons (Fsp3) is 0.473. The maximum Gasteiger partial charge on any atom is 4.00 e. The van der Waals surface area contributed by atoms with E-state index in [1.165, 1.54) is 59.9 Å². The second kappa shape index (κ2) is 49.9. The monoisotopic (exact) mass is 1980 g/mol. The molecule has 0 N–H and O–H groups in total. The first kappa shape index (κ1) is 131. The number of hydrogen-bond acceptors (Lipinski definition) is 4. The maximum atomic E-state index is 5.70. The van der Waals surface area contributed by atoms with E-state index in [9.17, 15) is 0 Å². The van der Waals surface area contributed by atoms with Gasteiger partial charge in [-0.2, -0.15) is 0 Å². The molecule has 0 saturated heterocycles. The van der Waals surface area contributed by atoms with E-state index in [1.807, 2.05) is 45.3 Å². The van der Waals surface area contributed by atoms with Crippen LogP contribution >= 0.6 is 45.3 Å². The third-order valence-electron chi connectivity index (χ3n) is 28.2. The summed E-state index contributed by atoms with van der Waals surface area (Å²) < 4.78 is 5.78. The van der Waals surface area contributed by atoms with Gasteiger partial charge in [0.2, 0.25) is 0 Å². The van der Waals surface area contributed by atoms with E-state index in [4.69, 9.17) is 19.9 Å². The molecule has 0 spiro atoms. The predicted molar refractivity (Wildman–Crippen MR) is 583 cm³/mol. The summed E-state index contributed by atoms with van der Waals surface area (Å²) in [5.74, 6) is 10.9. The number of thiophene rings is 4. The predicted octanol–water partition coefficient (Wildman–Crippen LogP) is 38.2. The van der Waals surface area contributed by atoms with Crippen LogP contribution < -0.4 is 0 Å². The van der Waals surface area contributed by atoms with E-state index in [-0.39, 0.29) is 194 Å². The molecule has 0 radical (unpaired) electrons. The Morgan fingerprint density at radius 1 is 0.317 bits per heavy atom. The fourth-order valence-corrected chi connectivity index (χ4v) is 47.6. The third-order valence-corrected chi connectivity index (χ3v) is 47.5. The van der Waals surface area contributed by atoms with Gasteiger partial charge in [-0.15, -0.1) is 68.2 Å². The molecule has 4 heterocycles. The molecule has 17 rings (SSSR count). The summed E-state index contributed by atoms with van der Waals surface area (Å²) in [4.78, 5) is 27.7. The molecular weight excluding hydrogens is 1810 g/mol. The Balaban J connectivity index is -0.000000755. The van der Waals surface area contributed by atoms with Crippen molar-refractivity contribution in [1.82, 2.24) is 0 Å². The molecule has 4 fully saturated rings. The molecule has 0 bridgehead atoms. The van der Waals surface area contributed by atoms with Crippen LogP contribution in [0.25, 0.3) is 84.6 Å². The van der Waals surface area contributed by atoms with Crippen LogP contribution in [-0.2, 0) is 86.9 Å². The molecule has 0 amide bonds. The van der Waals surface area contributed by atoms with Crippen LogP contribution in [0.15, 0.2) is 152 Å². The van der Waals surface area contributed by atoms with Crippen LogP contribution in [0.2, 0.25) is 74.5 Å². The average molecular weight is 1980 g/mol. The van der Waals surface area contributed by atoms with Gasteiger partial charge in [-0.3, -0.25) is 0 Å². The molecule has 8 aliphatic carbocycles. The minimum absolute atomic E-state index is 0. The SMILES string of the molecule is C.CC(C)[N-][Si](C)(C)C1C(C)C(C)C2c3c(sc4ccccc34)C=CC21.CC1C(C)C([Si](C)(C)[N-]C(C)(C)C)C2C=Cc3sc4ccccc4c3C12.CC1C(C)C([Si](C)(C)[N-]C(C)(C)CC(C)(C)C)C2C=Cc3sc4ccccc4c3C12.CC1C(C)C([Si](C)(C)[N-]c2ccccc2)C2C=Cc3sc4ccccc4c3C12.[CH3-].[CH3-].[CH3-].[CH3-].[CH3-].[CH3-].[CH3-].[CH3-].[CH3-].[CH3-].[CH3-].[CH3-].[Ti+4].[Ti+4].[Ti+4].[Ti+4]. The minimum Gasteiger partial charge on any atom is -0.687 e. The molecule has 8 aliphatic rings. The number of rotatable bonds is 12. The van der Waals surface area contributed by atoms with E-state index in [0.29, 0.717) is 99.5 Å². The Hall–Kier alpha value is -1.70.